The van der Waals surface area contributed by atoms with Crippen LogP contribution in [0.2, 0.25) is 0 Å². The number of aliphatic imine (C=N–C) groups is 1. The highest BCUT2D eigenvalue weighted by molar-refractivity contribution is 14.0. The van der Waals surface area contributed by atoms with E-state index in [1.807, 2.05) is 30.3 Å². The highest BCUT2D eigenvalue weighted by atomic mass is 127. The molecule has 6 nitrogen and oxygen atoms in total. The average Bonchev–Trinajstić information content (AvgIpc) is 3.21. The second kappa shape index (κ2) is 11.7. The summed E-state index contributed by atoms with van der Waals surface area (Å²) in [6.45, 7) is 1.32. The Hall–Kier alpha value is -2.03. The molecule has 3 rings (SSSR count). The number of benzene rings is 1. The summed E-state index contributed by atoms with van der Waals surface area (Å²) in [5.41, 5.74) is 2.25. The Kier molecular flexibility index (Phi) is 9.33. The van der Waals surface area contributed by atoms with Crippen molar-refractivity contribution in [3.8, 4) is 11.6 Å². The minimum absolute atomic E-state index is 0. The normalized spacial score (nSPS) is 14.3. The molecule has 0 bridgehead atoms. The van der Waals surface area contributed by atoms with Crippen molar-refractivity contribution >= 4 is 29.9 Å². The van der Waals surface area contributed by atoms with Crippen molar-refractivity contribution in [2.75, 3.05) is 14.2 Å². The molecule has 1 fully saturated rings. The summed E-state index contributed by atoms with van der Waals surface area (Å²) in [7, 11) is 3.44. The molecular formula is C21H29IN4O2. The third kappa shape index (κ3) is 6.85. The van der Waals surface area contributed by atoms with Crippen LogP contribution in [0.5, 0.6) is 11.6 Å². The summed E-state index contributed by atoms with van der Waals surface area (Å²) < 4.78 is 11.2. The van der Waals surface area contributed by atoms with Crippen LogP contribution in [-0.2, 0) is 13.1 Å². The van der Waals surface area contributed by atoms with Gasteiger partial charge in [-0.3, -0.25) is 4.99 Å². The number of pyridine rings is 1. The molecule has 2 aromatic rings. The molecule has 1 aromatic heterocycles. The zero-order valence-corrected chi connectivity index (χ0v) is 18.8. The van der Waals surface area contributed by atoms with E-state index in [1.165, 1.54) is 12.8 Å². The lowest BCUT2D eigenvalue weighted by atomic mass is 10.2. The van der Waals surface area contributed by atoms with Gasteiger partial charge in [0.25, 0.3) is 0 Å². The molecule has 1 aliphatic carbocycles. The number of ether oxygens (including phenoxy) is 2. The van der Waals surface area contributed by atoms with Crippen LogP contribution in [0.25, 0.3) is 0 Å². The molecule has 28 heavy (non-hydrogen) atoms. The fourth-order valence-corrected chi connectivity index (χ4v) is 3.18. The maximum atomic E-state index is 5.98. The third-order valence-electron chi connectivity index (χ3n) is 4.67. The standard InChI is InChI=1S/C21H28N4O2.HI/c1-22-21(24-14-16-6-5-9-19(12-16)26-2)25-15-17-10-11-23-20(13-17)27-18-7-3-4-8-18;/h5-6,9-13,18H,3-4,7-8,14-15H2,1-2H3,(H2,22,24,25);1H. The Morgan fingerprint density at radius 2 is 1.82 bits per heavy atom. The SMILES string of the molecule is CN=C(NCc1cccc(OC)c1)NCc1ccnc(OC2CCCC2)c1.I. The average molecular weight is 496 g/mol. The third-order valence-corrected chi connectivity index (χ3v) is 4.67. The number of halogens is 1. The van der Waals surface area contributed by atoms with Crippen LogP contribution in [0, 0.1) is 0 Å². The van der Waals surface area contributed by atoms with Crippen LogP contribution in [-0.4, -0.2) is 31.2 Å². The van der Waals surface area contributed by atoms with Crippen molar-refractivity contribution < 1.29 is 9.47 Å². The Bertz CT molecular complexity index is 764. The van der Waals surface area contributed by atoms with E-state index in [-0.39, 0.29) is 24.0 Å². The zero-order chi connectivity index (χ0) is 18.9. The molecule has 0 amide bonds. The van der Waals surface area contributed by atoms with Crippen LogP contribution in [0.1, 0.15) is 36.8 Å². The molecule has 1 aromatic carbocycles. The molecule has 1 saturated carbocycles. The van der Waals surface area contributed by atoms with Gasteiger partial charge in [-0.05, 0) is 55.0 Å². The molecule has 7 heteroatoms. The largest absolute Gasteiger partial charge is 0.497 e. The maximum absolute atomic E-state index is 5.98. The fraction of sp³-hybridized carbons (Fsp3) is 0.429. The molecule has 152 valence electrons. The van der Waals surface area contributed by atoms with Crippen molar-refractivity contribution in [3.63, 3.8) is 0 Å². The minimum Gasteiger partial charge on any atom is -0.497 e. The topological polar surface area (TPSA) is 67.8 Å². The Morgan fingerprint density at radius 1 is 1.11 bits per heavy atom. The van der Waals surface area contributed by atoms with E-state index < -0.39 is 0 Å². The van der Waals surface area contributed by atoms with E-state index in [0.717, 1.165) is 35.7 Å². The van der Waals surface area contributed by atoms with E-state index >= 15 is 0 Å². The number of nitrogens with zero attached hydrogens (tertiary/aromatic N) is 2. The smallest absolute Gasteiger partial charge is 0.213 e. The molecule has 0 aliphatic heterocycles. The highest BCUT2D eigenvalue weighted by Gasteiger charge is 2.17. The lowest BCUT2D eigenvalue weighted by Gasteiger charge is -2.14. The van der Waals surface area contributed by atoms with Gasteiger partial charge < -0.3 is 20.1 Å². The predicted molar refractivity (Wildman–Crippen MR) is 123 cm³/mol. The Balaban J connectivity index is 0.00000280. The van der Waals surface area contributed by atoms with Gasteiger partial charge in [-0.25, -0.2) is 4.98 Å². The van der Waals surface area contributed by atoms with Gasteiger partial charge in [0, 0.05) is 32.4 Å². The van der Waals surface area contributed by atoms with E-state index in [1.54, 1.807) is 20.4 Å². The van der Waals surface area contributed by atoms with E-state index in [2.05, 4.69) is 26.7 Å². The Morgan fingerprint density at radius 3 is 2.50 bits per heavy atom. The van der Waals surface area contributed by atoms with Gasteiger partial charge in [-0.1, -0.05) is 12.1 Å². The molecular weight excluding hydrogens is 467 g/mol. The second-order valence-corrected chi connectivity index (χ2v) is 6.66. The maximum Gasteiger partial charge on any atom is 0.213 e. The first kappa shape index (κ1) is 22.3. The number of hydrogen-bond acceptors (Lipinski definition) is 4. The summed E-state index contributed by atoms with van der Waals surface area (Å²) >= 11 is 0. The number of rotatable bonds is 7. The van der Waals surface area contributed by atoms with E-state index in [4.69, 9.17) is 9.47 Å². The summed E-state index contributed by atoms with van der Waals surface area (Å²) in [5, 5.41) is 6.65. The lowest BCUT2D eigenvalue weighted by molar-refractivity contribution is 0.201. The molecule has 0 spiro atoms. The van der Waals surface area contributed by atoms with Crippen molar-refractivity contribution in [3.05, 3.63) is 53.7 Å². The first-order chi connectivity index (χ1) is 13.3. The van der Waals surface area contributed by atoms with Crippen LogP contribution < -0.4 is 20.1 Å². The highest BCUT2D eigenvalue weighted by Crippen LogP contribution is 2.23. The molecule has 0 saturated heterocycles. The summed E-state index contributed by atoms with van der Waals surface area (Å²) in [6.07, 6.45) is 6.88. The van der Waals surface area contributed by atoms with Crippen LogP contribution in [0.15, 0.2) is 47.6 Å². The van der Waals surface area contributed by atoms with Crippen molar-refractivity contribution in [2.24, 2.45) is 4.99 Å². The first-order valence-electron chi connectivity index (χ1n) is 9.46. The summed E-state index contributed by atoms with van der Waals surface area (Å²) in [5.74, 6) is 2.30. The van der Waals surface area contributed by atoms with Crippen molar-refractivity contribution in [1.29, 1.82) is 0 Å². The molecule has 0 radical (unpaired) electrons. The predicted octanol–water partition coefficient (Wildman–Crippen LogP) is 3.89. The van der Waals surface area contributed by atoms with Crippen LogP contribution in [0.3, 0.4) is 0 Å². The number of guanidine groups is 1. The zero-order valence-electron chi connectivity index (χ0n) is 16.5. The van der Waals surface area contributed by atoms with Gasteiger partial charge in [-0.2, -0.15) is 0 Å². The van der Waals surface area contributed by atoms with E-state index in [9.17, 15) is 0 Å². The quantitative estimate of drug-likeness (QED) is 0.346. The fourth-order valence-electron chi connectivity index (χ4n) is 3.18. The van der Waals surface area contributed by atoms with Crippen LogP contribution in [0.4, 0.5) is 0 Å². The number of methoxy groups -OCH3 is 1. The summed E-state index contributed by atoms with van der Waals surface area (Å²) in [6, 6.07) is 12.0. The van der Waals surface area contributed by atoms with Crippen LogP contribution >= 0.6 is 24.0 Å². The molecule has 1 aliphatic rings. The molecule has 0 unspecified atom stereocenters. The van der Waals surface area contributed by atoms with Crippen molar-refractivity contribution in [1.82, 2.24) is 15.6 Å². The number of aromatic nitrogens is 1. The minimum atomic E-state index is 0. The number of hydrogen-bond donors (Lipinski definition) is 2. The second-order valence-electron chi connectivity index (χ2n) is 6.66. The van der Waals surface area contributed by atoms with Crippen molar-refractivity contribution in [2.45, 2.75) is 44.9 Å². The molecule has 0 atom stereocenters. The van der Waals surface area contributed by atoms with Gasteiger partial charge >= 0.3 is 0 Å². The first-order valence-corrected chi connectivity index (χ1v) is 9.46. The van der Waals surface area contributed by atoms with Gasteiger partial charge in [0.15, 0.2) is 5.96 Å². The summed E-state index contributed by atoms with van der Waals surface area (Å²) in [4.78, 5) is 8.62. The van der Waals surface area contributed by atoms with Gasteiger partial charge in [0.2, 0.25) is 5.88 Å². The lowest BCUT2D eigenvalue weighted by Crippen LogP contribution is -2.36. The van der Waals surface area contributed by atoms with Gasteiger partial charge in [0.05, 0.1) is 7.11 Å². The molecule has 2 N–H and O–H groups in total. The molecule has 1 heterocycles. The van der Waals surface area contributed by atoms with Gasteiger partial charge in [-0.15, -0.1) is 24.0 Å². The Labute approximate surface area is 184 Å². The van der Waals surface area contributed by atoms with E-state index in [0.29, 0.717) is 25.1 Å². The number of nitrogens with one attached hydrogen (secondary N) is 2. The van der Waals surface area contributed by atoms with Gasteiger partial charge in [0.1, 0.15) is 11.9 Å². The monoisotopic (exact) mass is 496 g/mol.